The zero-order valence-electron chi connectivity index (χ0n) is 16.5. The van der Waals surface area contributed by atoms with E-state index < -0.39 is 28.5 Å². The molecule has 0 unspecified atom stereocenters. The van der Waals surface area contributed by atoms with E-state index in [1.807, 2.05) is 12.1 Å². The zero-order chi connectivity index (χ0) is 21.0. The highest BCUT2D eigenvalue weighted by Gasteiger charge is 2.27. The van der Waals surface area contributed by atoms with E-state index in [1.54, 1.807) is 12.1 Å². The summed E-state index contributed by atoms with van der Waals surface area (Å²) in [6.45, 7) is 1.63. The number of carbonyl (C=O) groups excluding carboxylic acids is 1. The lowest BCUT2D eigenvalue weighted by Crippen LogP contribution is -2.44. The Morgan fingerprint density at radius 3 is 2.17 bits per heavy atom. The van der Waals surface area contributed by atoms with Crippen molar-refractivity contribution in [3.05, 3.63) is 54.3 Å². The van der Waals surface area contributed by atoms with E-state index in [2.05, 4.69) is 10.2 Å². The Labute approximate surface area is 170 Å². The minimum atomic E-state index is -3.93. The number of carbonyl (C=O) groups is 1. The first-order valence-corrected chi connectivity index (χ1v) is 10.8. The zero-order valence-corrected chi connectivity index (χ0v) is 17.3. The number of halogens is 1. The molecule has 0 saturated carbocycles. The minimum Gasteiger partial charge on any atom is -0.372 e. The van der Waals surface area contributed by atoms with E-state index in [0.717, 1.165) is 39.5 Å². The Morgan fingerprint density at radius 2 is 1.62 bits per heavy atom. The predicted octanol–water partition coefficient (Wildman–Crippen LogP) is 2.68. The molecule has 1 N–H and O–H groups in total. The second-order valence-corrected chi connectivity index (χ2v) is 9.13. The van der Waals surface area contributed by atoms with Gasteiger partial charge in [0.05, 0.1) is 5.69 Å². The van der Waals surface area contributed by atoms with Crippen molar-refractivity contribution in [3.8, 4) is 0 Å². The molecule has 1 aliphatic heterocycles. The molecule has 0 atom stereocenters. The lowest BCUT2D eigenvalue weighted by atomic mass is 10.2. The van der Waals surface area contributed by atoms with Crippen molar-refractivity contribution in [1.29, 1.82) is 0 Å². The third-order valence-corrected chi connectivity index (χ3v) is 6.58. The highest BCUT2D eigenvalue weighted by molar-refractivity contribution is 7.90. The summed E-state index contributed by atoms with van der Waals surface area (Å²) in [7, 11) is -1.18. The van der Waals surface area contributed by atoms with Crippen molar-refractivity contribution in [2.45, 2.75) is 12.8 Å². The van der Waals surface area contributed by atoms with Crippen LogP contribution in [-0.2, 0) is 15.0 Å². The average molecular weight is 421 g/mol. The van der Waals surface area contributed by atoms with Crippen LogP contribution in [0.1, 0.15) is 12.8 Å². The molecule has 0 aromatic heterocycles. The fourth-order valence-corrected chi connectivity index (χ4v) is 4.24. The van der Waals surface area contributed by atoms with E-state index in [1.165, 1.54) is 39.1 Å². The van der Waals surface area contributed by atoms with Crippen molar-refractivity contribution in [2.75, 3.05) is 48.3 Å². The Kier molecular flexibility index (Phi) is 6.39. The van der Waals surface area contributed by atoms with Gasteiger partial charge in [-0.25, -0.2) is 8.70 Å². The van der Waals surface area contributed by atoms with Gasteiger partial charge in [-0.3, -0.25) is 4.79 Å². The fraction of sp³-hybridized carbons (Fsp3) is 0.350. The molecular formula is C20H25FN4O3S. The first-order chi connectivity index (χ1) is 13.8. The summed E-state index contributed by atoms with van der Waals surface area (Å²) in [6, 6.07) is 12.4. The first kappa shape index (κ1) is 21.1. The van der Waals surface area contributed by atoms with E-state index in [9.17, 15) is 17.6 Å². The second kappa shape index (κ2) is 8.79. The molecule has 0 radical (unpaired) electrons. The van der Waals surface area contributed by atoms with Gasteiger partial charge in [-0.1, -0.05) is 0 Å². The van der Waals surface area contributed by atoms with Crippen molar-refractivity contribution in [3.63, 3.8) is 0 Å². The van der Waals surface area contributed by atoms with Gasteiger partial charge in [0.2, 0.25) is 5.91 Å². The van der Waals surface area contributed by atoms with Gasteiger partial charge >= 0.3 is 10.2 Å². The number of hydrogen-bond acceptors (Lipinski definition) is 4. The van der Waals surface area contributed by atoms with Crippen molar-refractivity contribution < 1.29 is 17.6 Å². The molecule has 3 rings (SSSR count). The lowest BCUT2D eigenvalue weighted by Gasteiger charge is -2.27. The molecule has 7 nitrogen and oxygen atoms in total. The number of nitrogens with one attached hydrogen (secondary N) is 1. The van der Waals surface area contributed by atoms with E-state index in [-0.39, 0.29) is 5.69 Å². The van der Waals surface area contributed by atoms with Gasteiger partial charge in [-0.05, 0) is 61.4 Å². The summed E-state index contributed by atoms with van der Waals surface area (Å²) < 4.78 is 40.5. The molecule has 2 aromatic rings. The van der Waals surface area contributed by atoms with Crippen LogP contribution in [0.4, 0.5) is 21.5 Å². The van der Waals surface area contributed by atoms with Crippen molar-refractivity contribution in [2.24, 2.45) is 0 Å². The molecule has 9 heteroatoms. The van der Waals surface area contributed by atoms with Gasteiger partial charge in [0, 0.05) is 38.6 Å². The molecular weight excluding hydrogens is 395 g/mol. The lowest BCUT2D eigenvalue weighted by molar-refractivity contribution is -0.114. The monoisotopic (exact) mass is 420 g/mol. The molecule has 1 saturated heterocycles. The van der Waals surface area contributed by atoms with Crippen LogP contribution in [0.15, 0.2) is 48.5 Å². The summed E-state index contributed by atoms with van der Waals surface area (Å²) in [6.07, 6.45) is 2.36. The number of amides is 1. The number of rotatable bonds is 7. The molecule has 0 spiro atoms. The largest absolute Gasteiger partial charge is 0.372 e. The van der Waals surface area contributed by atoms with Crippen molar-refractivity contribution in [1.82, 2.24) is 4.31 Å². The molecule has 0 aliphatic carbocycles. The van der Waals surface area contributed by atoms with Crippen LogP contribution >= 0.6 is 0 Å². The average Bonchev–Trinajstić information content (AvgIpc) is 3.22. The molecule has 2 aromatic carbocycles. The number of benzene rings is 2. The molecule has 156 valence electrons. The maximum Gasteiger partial charge on any atom is 0.304 e. The third-order valence-electron chi connectivity index (χ3n) is 4.76. The highest BCUT2D eigenvalue weighted by Crippen LogP contribution is 2.23. The molecule has 29 heavy (non-hydrogen) atoms. The maximum atomic E-state index is 13.2. The highest BCUT2D eigenvalue weighted by atomic mass is 32.2. The van der Waals surface area contributed by atoms with Gasteiger partial charge < -0.3 is 10.2 Å². The second-order valence-electron chi connectivity index (χ2n) is 7.06. The molecule has 1 aliphatic rings. The Bertz CT molecular complexity index is 941. The van der Waals surface area contributed by atoms with Gasteiger partial charge in [-0.15, -0.1) is 0 Å². The van der Waals surface area contributed by atoms with Crippen LogP contribution in [0, 0.1) is 5.82 Å². The summed E-state index contributed by atoms with van der Waals surface area (Å²) in [5.41, 5.74) is 1.89. The standard InChI is InChI=1S/C20H25FN4O3S/c1-23(2)29(27,28)25(19-9-5-16(21)6-10-19)15-20(26)22-17-7-11-18(12-8-17)24-13-3-4-14-24/h5-12H,3-4,13-15H2,1-2H3,(H,22,26). The maximum absolute atomic E-state index is 13.2. The normalized spacial score (nSPS) is 14.3. The summed E-state index contributed by atoms with van der Waals surface area (Å²) in [4.78, 5) is 14.8. The number of nitrogens with zero attached hydrogens (tertiary/aromatic N) is 3. The Morgan fingerprint density at radius 1 is 1.03 bits per heavy atom. The van der Waals surface area contributed by atoms with Crippen LogP contribution in [-0.4, -0.2) is 52.4 Å². The van der Waals surface area contributed by atoms with Gasteiger partial charge in [0.1, 0.15) is 12.4 Å². The predicted molar refractivity (Wildman–Crippen MR) is 113 cm³/mol. The smallest absolute Gasteiger partial charge is 0.304 e. The Hall–Kier alpha value is -2.65. The van der Waals surface area contributed by atoms with Crippen LogP contribution in [0.25, 0.3) is 0 Å². The van der Waals surface area contributed by atoms with Gasteiger partial charge in [0.15, 0.2) is 0 Å². The molecule has 1 fully saturated rings. The SMILES string of the molecule is CN(C)S(=O)(=O)N(CC(=O)Nc1ccc(N2CCCC2)cc1)c1ccc(F)cc1. The fourth-order valence-electron chi connectivity index (χ4n) is 3.17. The van der Waals surface area contributed by atoms with Crippen LogP contribution in [0.3, 0.4) is 0 Å². The first-order valence-electron chi connectivity index (χ1n) is 9.38. The van der Waals surface area contributed by atoms with Crippen molar-refractivity contribution >= 4 is 33.2 Å². The minimum absolute atomic E-state index is 0.208. The molecule has 1 amide bonds. The van der Waals surface area contributed by atoms with Crippen LogP contribution < -0.4 is 14.5 Å². The summed E-state index contributed by atoms with van der Waals surface area (Å²) >= 11 is 0. The quantitative estimate of drug-likeness (QED) is 0.748. The summed E-state index contributed by atoms with van der Waals surface area (Å²) in [5.74, 6) is -0.979. The number of hydrogen-bond donors (Lipinski definition) is 1. The van der Waals surface area contributed by atoms with Crippen LogP contribution in [0.5, 0.6) is 0 Å². The summed E-state index contributed by atoms with van der Waals surface area (Å²) in [5, 5.41) is 2.73. The third kappa shape index (κ3) is 5.04. The molecule has 0 bridgehead atoms. The Balaban J connectivity index is 1.73. The topological polar surface area (TPSA) is 73.0 Å². The van der Waals surface area contributed by atoms with Gasteiger partial charge in [-0.2, -0.15) is 12.7 Å². The van der Waals surface area contributed by atoms with E-state index in [0.29, 0.717) is 5.69 Å². The van der Waals surface area contributed by atoms with Gasteiger partial charge in [0.25, 0.3) is 0 Å². The van der Waals surface area contributed by atoms with Crippen LogP contribution in [0.2, 0.25) is 0 Å². The van der Waals surface area contributed by atoms with E-state index >= 15 is 0 Å². The molecule has 1 heterocycles. The van der Waals surface area contributed by atoms with E-state index in [4.69, 9.17) is 0 Å². The number of anilines is 3.